The van der Waals surface area contributed by atoms with Crippen molar-refractivity contribution in [1.82, 2.24) is 0 Å². The first-order valence-electron chi connectivity index (χ1n) is 5.13. The molecule has 1 atom stereocenters. The molecule has 1 N–H and O–H groups in total. The fraction of sp³-hybridized carbons (Fsp3) is 0.455. The van der Waals surface area contributed by atoms with Gasteiger partial charge in [-0.3, -0.25) is 0 Å². The van der Waals surface area contributed by atoms with Crippen molar-refractivity contribution < 1.29 is 36.2 Å². The molecular formula is C11H9BrF6O2. The maximum absolute atomic E-state index is 12.5. The molecule has 0 aliphatic carbocycles. The normalized spacial score (nSPS) is 14.5. The first kappa shape index (κ1) is 17.1. The molecule has 114 valence electrons. The zero-order valence-corrected chi connectivity index (χ0v) is 11.5. The second kappa shape index (κ2) is 5.80. The number of methoxy groups -OCH3 is 1. The molecule has 0 saturated carbocycles. The number of hydrogen-bond donors (Lipinski definition) is 1. The molecule has 9 heteroatoms. The minimum absolute atomic E-state index is 0.108. The van der Waals surface area contributed by atoms with Crippen molar-refractivity contribution in [2.24, 2.45) is 5.92 Å². The van der Waals surface area contributed by atoms with E-state index >= 15 is 0 Å². The van der Waals surface area contributed by atoms with Crippen molar-refractivity contribution in [2.75, 3.05) is 7.11 Å². The Labute approximate surface area is 118 Å². The highest BCUT2D eigenvalue weighted by atomic mass is 79.9. The summed E-state index contributed by atoms with van der Waals surface area (Å²) >= 11 is 2.82. The second-order valence-corrected chi connectivity index (χ2v) is 4.75. The van der Waals surface area contributed by atoms with E-state index in [0.717, 1.165) is 12.1 Å². The van der Waals surface area contributed by atoms with Crippen LogP contribution < -0.4 is 4.74 Å². The minimum atomic E-state index is -5.61. The Kier molecular flexibility index (Phi) is 4.96. The Balaban J connectivity index is 3.23. The second-order valence-electron chi connectivity index (χ2n) is 3.89. The van der Waals surface area contributed by atoms with E-state index < -0.39 is 29.9 Å². The zero-order valence-electron chi connectivity index (χ0n) is 9.89. The average molecular weight is 367 g/mol. The fourth-order valence-corrected chi connectivity index (χ4v) is 2.19. The summed E-state index contributed by atoms with van der Waals surface area (Å²) in [5, 5.41) is 9.49. The third kappa shape index (κ3) is 3.78. The molecule has 0 radical (unpaired) electrons. The molecule has 2 nitrogen and oxygen atoms in total. The predicted octanol–water partition coefficient (Wildman–Crippen LogP) is 4.23. The molecule has 0 fully saturated rings. The number of benzene rings is 1. The Morgan fingerprint density at radius 2 is 1.60 bits per heavy atom. The van der Waals surface area contributed by atoms with Gasteiger partial charge in [0.25, 0.3) is 0 Å². The van der Waals surface area contributed by atoms with E-state index in [1.807, 2.05) is 0 Å². The number of alkyl halides is 6. The molecule has 0 amide bonds. The quantitative estimate of drug-likeness (QED) is 0.811. The van der Waals surface area contributed by atoms with Crippen LogP contribution in [0.3, 0.4) is 0 Å². The van der Waals surface area contributed by atoms with E-state index in [4.69, 9.17) is 4.74 Å². The molecule has 0 aliphatic rings. The SMILES string of the molecule is COc1ccc(C(O)C(C(F)(F)F)C(F)(F)F)c(Br)c1. The summed E-state index contributed by atoms with van der Waals surface area (Å²) in [4.78, 5) is 0. The molecule has 20 heavy (non-hydrogen) atoms. The number of aliphatic hydroxyl groups excluding tert-OH is 1. The summed E-state index contributed by atoms with van der Waals surface area (Å²) in [5.41, 5.74) is -0.523. The van der Waals surface area contributed by atoms with Gasteiger partial charge in [-0.1, -0.05) is 22.0 Å². The molecular weight excluding hydrogens is 358 g/mol. The van der Waals surface area contributed by atoms with Gasteiger partial charge >= 0.3 is 12.4 Å². The van der Waals surface area contributed by atoms with Crippen LogP contribution in [0.4, 0.5) is 26.3 Å². The van der Waals surface area contributed by atoms with E-state index in [-0.39, 0.29) is 10.2 Å². The van der Waals surface area contributed by atoms with E-state index in [1.165, 1.54) is 13.2 Å². The Morgan fingerprint density at radius 3 is 1.95 bits per heavy atom. The van der Waals surface area contributed by atoms with Crippen molar-refractivity contribution in [1.29, 1.82) is 0 Å². The molecule has 1 aromatic rings. The van der Waals surface area contributed by atoms with Crippen LogP contribution in [0, 0.1) is 5.92 Å². The van der Waals surface area contributed by atoms with Gasteiger partial charge in [0.05, 0.1) is 7.11 Å². The van der Waals surface area contributed by atoms with E-state index in [2.05, 4.69) is 15.9 Å². The largest absolute Gasteiger partial charge is 0.497 e. The van der Waals surface area contributed by atoms with Crippen LogP contribution in [-0.4, -0.2) is 24.6 Å². The maximum Gasteiger partial charge on any atom is 0.403 e. The van der Waals surface area contributed by atoms with E-state index in [9.17, 15) is 31.4 Å². The summed E-state index contributed by atoms with van der Waals surface area (Å²) < 4.78 is 79.7. The summed E-state index contributed by atoms with van der Waals surface area (Å²) in [5.74, 6) is -3.64. The van der Waals surface area contributed by atoms with Gasteiger partial charge in [-0.15, -0.1) is 0 Å². The number of halogens is 7. The highest BCUT2D eigenvalue weighted by molar-refractivity contribution is 9.10. The smallest absolute Gasteiger partial charge is 0.403 e. The van der Waals surface area contributed by atoms with Crippen LogP contribution in [0.5, 0.6) is 5.75 Å². The van der Waals surface area contributed by atoms with Crippen molar-refractivity contribution in [2.45, 2.75) is 18.5 Å². The minimum Gasteiger partial charge on any atom is -0.497 e. The zero-order chi connectivity index (χ0) is 15.7. The molecule has 0 spiro atoms. The molecule has 0 saturated heterocycles. The Morgan fingerprint density at radius 1 is 1.10 bits per heavy atom. The molecule has 0 aromatic heterocycles. The molecule has 1 unspecified atom stereocenters. The van der Waals surface area contributed by atoms with Crippen LogP contribution in [0.2, 0.25) is 0 Å². The van der Waals surface area contributed by atoms with Crippen molar-refractivity contribution in [3.8, 4) is 5.75 Å². The van der Waals surface area contributed by atoms with Crippen molar-refractivity contribution in [3.63, 3.8) is 0 Å². The van der Waals surface area contributed by atoms with E-state index in [1.54, 1.807) is 0 Å². The summed E-state index contributed by atoms with van der Waals surface area (Å²) in [6.07, 6.45) is -14.0. The van der Waals surface area contributed by atoms with Gasteiger partial charge in [0.15, 0.2) is 5.92 Å². The number of aliphatic hydroxyl groups is 1. The van der Waals surface area contributed by atoms with E-state index in [0.29, 0.717) is 0 Å². The van der Waals surface area contributed by atoms with Gasteiger partial charge in [0.2, 0.25) is 0 Å². The third-order valence-electron chi connectivity index (χ3n) is 2.55. The lowest BCUT2D eigenvalue weighted by Crippen LogP contribution is -2.41. The topological polar surface area (TPSA) is 29.5 Å². The Hall–Kier alpha value is -0.960. The summed E-state index contributed by atoms with van der Waals surface area (Å²) in [6, 6.07) is 3.27. The van der Waals surface area contributed by atoms with Gasteiger partial charge in [0.1, 0.15) is 11.9 Å². The van der Waals surface area contributed by atoms with Crippen molar-refractivity contribution >= 4 is 15.9 Å². The van der Waals surface area contributed by atoms with Crippen LogP contribution in [0.1, 0.15) is 11.7 Å². The van der Waals surface area contributed by atoms with Gasteiger partial charge in [-0.25, -0.2) is 0 Å². The Bertz CT molecular complexity index is 457. The van der Waals surface area contributed by atoms with Gasteiger partial charge in [-0.05, 0) is 17.7 Å². The van der Waals surface area contributed by atoms with Crippen LogP contribution >= 0.6 is 15.9 Å². The predicted molar refractivity (Wildman–Crippen MR) is 61.3 cm³/mol. The lowest BCUT2D eigenvalue weighted by molar-refractivity contribution is -0.307. The maximum atomic E-state index is 12.5. The third-order valence-corrected chi connectivity index (χ3v) is 3.23. The van der Waals surface area contributed by atoms with Gasteiger partial charge < -0.3 is 9.84 Å². The fourth-order valence-electron chi connectivity index (χ4n) is 1.60. The standard InChI is InChI=1S/C11H9BrF6O2/c1-20-5-2-3-6(7(12)4-5)8(19)9(10(13,14)15)11(16,17)18/h2-4,8-9,19H,1H3. The lowest BCUT2D eigenvalue weighted by atomic mass is 9.94. The molecule has 0 aliphatic heterocycles. The highest BCUT2D eigenvalue weighted by Gasteiger charge is 2.60. The van der Waals surface area contributed by atoms with Crippen LogP contribution in [-0.2, 0) is 0 Å². The average Bonchev–Trinajstić information content (AvgIpc) is 2.24. The van der Waals surface area contributed by atoms with Crippen LogP contribution in [0.25, 0.3) is 0 Å². The highest BCUT2D eigenvalue weighted by Crippen LogP contribution is 2.47. The molecule has 1 aromatic carbocycles. The summed E-state index contributed by atoms with van der Waals surface area (Å²) in [7, 11) is 1.28. The molecule has 0 heterocycles. The molecule has 1 rings (SSSR count). The van der Waals surface area contributed by atoms with Crippen LogP contribution in [0.15, 0.2) is 22.7 Å². The van der Waals surface area contributed by atoms with Gasteiger partial charge in [0, 0.05) is 4.47 Å². The van der Waals surface area contributed by atoms with Crippen molar-refractivity contribution in [3.05, 3.63) is 28.2 Å². The monoisotopic (exact) mass is 366 g/mol. The first-order chi connectivity index (χ1) is 8.98. The molecule has 0 bridgehead atoms. The number of ether oxygens (including phenoxy) is 1. The summed E-state index contributed by atoms with van der Waals surface area (Å²) in [6.45, 7) is 0. The number of hydrogen-bond acceptors (Lipinski definition) is 2. The van der Waals surface area contributed by atoms with Gasteiger partial charge in [-0.2, -0.15) is 26.3 Å². The first-order valence-corrected chi connectivity index (χ1v) is 5.92. The lowest BCUT2D eigenvalue weighted by Gasteiger charge is -2.28. The number of rotatable bonds is 3.